The van der Waals surface area contributed by atoms with Gasteiger partial charge in [-0.2, -0.15) is 0 Å². The number of amidine groups is 1. The maximum atomic E-state index is 12.6. The normalized spacial score (nSPS) is 21.2. The number of methoxy groups -OCH3 is 1. The number of carbonyl (C=O) groups is 2. The highest BCUT2D eigenvalue weighted by molar-refractivity contribution is 6.03. The minimum Gasteiger partial charge on any atom is -0.467 e. The lowest BCUT2D eigenvalue weighted by molar-refractivity contribution is -0.146. The largest absolute Gasteiger partial charge is 0.467 e. The Morgan fingerprint density at radius 3 is 2.42 bits per heavy atom. The molecule has 0 saturated heterocycles. The molecule has 142 valence electrons. The Morgan fingerprint density at radius 1 is 1.31 bits per heavy atom. The smallest absolute Gasteiger partial charge is 0.415 e. The Hall–Kier alpha value is -2.41. The van der Waals surface area contributed by atoms with Gasteiger partial charge >= 0.3 is 12.1 Å². The minimum atomic E-state index is -1.24. The summed E-state index contributed by atoms with van der Waals surface area (Å²) in [7, 11) is 1.31. The van der Waals surface area contributed by atoms with Gasteiger partial charge in [-0.25, -0.2) is 14.6 Å². The van der Waals surface area contributed by atoms with Crippen LogP contribution in [0.5, 0.6) is 0 Å². The van der Waals surface area contributed by atoms with E-state index in [1.807, 2.05) is 30.3 Å². The number of amides is 1. The molecule has 2 N–H and O–H groups in total. The molecule has 0 aromatic heterocycles. The zero-order valence-corrected chi connectivity index (χ0v) is 16.0. The molecule has 7 heteroatoms. The van der Waals surface area contributed by atoms with Crippen molar-refractivity contribution in [1.29, 1.82) is 0 Å². The van der Waals surface area contributed by atoms with Crippen molar-refractivity contribution in [3.63, 3.8) is 0 Å². The van der Waals surface area contributed by atoms with Gasteiger partial charge in [-0.3, -0.25) is 4.90 Å². The first-order valence-electron chi connectivity index (χ1n) is 8.56. The highest BCUT2D eigenvalue weighted by Gasteiger charge is 2.50. The molecule has 1 aliphatic heterocycles. The molecule has 1 amide bonds. The predicted molar refractivity (Wildman–Crippen MR) is 98.9 cm³/mol. The number of rotatable bonds is 4. The maximum Gasteiger partial charge on any atom is 0.415 e. The summed E-state index contributed by atoms with van der Waals surface area (Å²) in [6.07, 6.45) is -0.275. The number of hydrogen-bond acceptors (Lipinski definition) is 6. The molecule has 1 aromatic carbocycles. The molecule has 0 saturated carbocycles. The lowest BCUT2D eigenvalue weighted by atomic mass is 9.91. The van der Waals surface area contributed by atoms with Crippen LogP contribution in [0.1, 0.15) is 33.3 Å². The van der Waals surface area contributed by atoms with Gasteiger partial charge in [0.25, 0.3) is 0 Å². The van der Waals surface area contributed by atoms with Crippen molar-refractivity contribution in [3.8, 4) is 0 Å². The summed E-state index contributed by atoms with van der Waals surface area (Å²) in [5, 5.41) is 0. The van der Waals surface area contributed by atoms with Crippen LogP contribution in [-0.2, 0) is 20.7 Å². The Morgan fingerprint density at radius 2 is 1.92 bits per heavy atom. The predicted octanol–water partition coefficient (Wildman–Crippen LogP) is 2.14. The van der Waals surface area contributed by atoms with E-state index in [1.165, 1.54) is 12.0 Å². The quantitative estimate of drug-likeness (QED) is 0.829. The van der Waals surface area contributed by atoms with Gasteiger partial charge in [0.1, 0.15) is 11.4 Å². The zero-order valence-electron chi connectivity index (χ0n) is 16.0. The van der Waals surface area contributed by atoms with Gasteiger partial charge in [-0.15, -0.1) is 0 Å². The number of esters is 1. The molecule has 0 spiro atoms. The first kappa shape index (κ1) is 19.9. The summed E-state index contributed by atoms with van der Waals surface area (Å²) in [5.74, 6) is -0.189. The van der Waals surface area contributed by atoms with Crippen molar-refractivity contribution in [3.05, 3.63) is 35.9 Å². The number of hydrogen-bond donors (Lipinski definition) is 1. The molecular weight excluding hydrogens is 334 g/mol. The summed E-state index contributed by atoms with van der Waals surface area (Å²) in [6, 6.07) is 8.94. The van der Waals surface area contributed by atoms with Crippen molar-refractivity contribution in [2.24, 2.45) is 10.7 Å². The van der Waals surface area contributed by atoms with Crippen LogP contribution in [0.25, 0.3) is 0 Å². The molecule has 1 aromatic rings. The molecule has 2 atom stereocenters. The number of aliphatic imine (C=N–C) groups is 1. The summed E-state index contributed by atoms with van der Waals surface area (Å²) in [6.45, 7) is 7.08. The number of ether oxygens (including phenoxy) is 2. The van der Waals surface area contributed by atoms with Crippen LogP contribution in [0.2, 0.25) is 0 Å². The second kappa shape index (κ2) is 7.45. The van der Waals surface area contributed by atoms with E-state index in [0.717, 1.165) is 5.56 Å². The molecule has 26 heavy (non-hydrogen) atoms. The SMILES string of the molecule is COC(=O)C1(Cc2ccccc2)CN(C(=O)OC(C)(C)C)C(C(C)N)=N1. The van der Waals surface area contributed by atoms with Crippen molar-refractivity contribution < 1.29 is 19.1 Å². The van der Waals surface area contributed by atoms with E-state index in [-0.39, 0.29) is 6.54 Å². The molecule has 0 fully saturated rings. The fraction of sp³-hybridized carbons (Fsp3) is 0.526. The standard InChI is InChI=1S/C19H27N3O4/c1-13(20)15-21-19(16(23)25-5,11-14-9-7-6-8-10-14)12-22(15)17(24)26-18(2,3)4/h6-10,13H,11-12,20H2,1-5H3. The third-order valence-corrected chi connectivity index (χ3v) is 3.95. The molecular formula is C19H27N3O4. The second-order valence-corrected chi connectivity index (χ2v) is 7.51. The van der Waals surface area contributed by atoms with Crippen molar-refractivity contribution in [2.45, 2.75) is 51.3 Å². The van der Waals surface area contributed by atoms with E-state index in [0.29, 0.717) is 12.3 Å². The second-order valence-electron chi connectivity index (χ2n) is 7.51. The van der Waals surface area contributed by atoms with E-state index >= 15 is 0 Å². The van der Waals surface area contributed by atoms with E-state index in [4.69, 9.17) is 15.2 Å². The lowest BCUT2D eigenvalue weighted by Crippen LogP contribution is -2.49. The third-order valence-electron chi connectivity index (χ3n) is 3.95. The van der Waals surface area contributed by atoms with E-state index in [1.54, 1.807) is 27.7 Å². The fourth-order valence-corrected chi connectivity index (χ4v) is 2.88. The molecule has 7 nitrogen and oxygen atoms in total. The summed E-state index contributed by atoms with van der Waals surface area (Å²) < 4.78 is 10.5. The molecule has 2 unspecified atom stereocenters. The minimum absolute atomic E-state index is 0.0281. The lowest BCUT2D eigenvalue weighted by Gasteiger charge is -2.28. The van der Waals surface area contributed by atoms with Gasteiger partial charge in [-0.05, 0) is 33.3 Å². The summed E-state index contributed by atoms with van der Waals surface area (Å²) >= 11 is 0. The fourth-order valence-electron chi connectivity index (χ4n) is 2.88. The first-order valence-corrected chi connectivity index (χ1v) is 8.56. The van der Waals surface area contributed by atoms with Crippen LogP contribution >= 0.6 is 0 Å². The Balaban J connectivity index is 2.40. The maximum absolute atomic E-state index is 12.6. The van der Waals surface area contributed by atoms with Crippen molar-refractivity contribution >= 4 is 17.9 Å². The van der Waals surface area contributed by atoms with E-state index < -0.39 is 29.2 Å². The van der Waals surface area contributed by atoms with Crippen LogP contribution < -0.4 is 5.73 Å². The van der Waals surface area contributed by atoms with E-state index in [2.05, 4.69) is 4.99 Å². The first-order chi connectivity index (χ1) is 12.1. The van der Waals surface area contributed by atoms with Gasteiger partial charge in [0.15, 0.2) is 5.54 Å². The number of carbonyl (C=O) groups excluding carboxylic acids is 2. The Kier molecular flexibility index (Phi) is 5.71. The number of nitrogens with zero attached hydrogens (tertiary/aromatic N) is 2. The molecule has 0 aliphatic carbocycles. The van der Waals surface area contributed by atoms with Gasteiger partial charge in [0.2, 0.25) is 0 Å². The van der Waals surface area contributed by atoms with Gasteiger partial charge in [0.05, 0.1) is 19.7 Å². The van der Waals surface area contributed by atoms with Crippen LogP contribution in [0.3, 0.4) is 0 Å². The van der Waals surface area contributed by atoms with Crippen LogP contribution in [0.15, 0.2) is 35.3 Å². The molecule has 0 radical (unpaired) electrons. The number of benzene rings is 1. The average Bonchev–Trinajstić information content (AvgIpc) is 2.95. The van der Waals surface area contributed by atoms with Crippen molar-refractivity contribution in [2.75, 3.05) is 13.7 Å². The van der Waals surface area contributed by atoms with Crippen LogP contribution in [0.4, 0.5) is 4.79 Å². The summed E-state index contributed by atoms with van der Waals surface area (Å²) in [4.78, 5) is 31.2. The molecule has 0 bridgehead atoms. The number of nitrogens with two attached hydrogens (primary N) is 1. The average molecular weight is 361 g/mol. The molecule has 1 aliphatic rings. The van der Waals surface area contributed by atoms with Crippen molar-refractivity contribution in [1.82, 2.24) is 4.90 Å². The van der Waals surface area contributed by atoms with Gasteiger partial charge in [0, 0.05) is 6.42 Å². The van der Waals surface area contributed by atoms with Crippen LogP contribution in [-0.4, -0.2) is 53.6 Å². The topological polar surface area (TPSA) is 94.2 Å². The highest BCUT2D eigenvalue weighted by Crippen LogP contribution is 2.29. The Bertz CT molecular complexity index is 694. The zero-order chi connectivity index (χ0) is 19.5. The highest BCUT2D eigenvalue weighted by atomic mass is 16.6. The Labute approximate surface area is 154 Å². The van der Waals surface area contributed by atoms with Gasteiger partial charge < -0.3 is 15.2 Å². The third kappa shape index (κ3) is 4.40. The molecule has 1 heterocycles. The van der Waals surface area contributed by atoms with Crippen LogP contribution in [0, 0.1) is 0 Å². The van der Waals surface area contributed by atoms with Gasteiger partial charge in [-0.1, -0.05) is 30.3 Å². The van der Waals surface area contributed by atoms with E-state index in [9.17, 15) is 9.59 Å². The summed E-state index contributed by atoms with van der Waals surface area (Å²) in [5.41, 5.74) is 5.02. The monoisotopic (exact) mass is 361 g/mol. The molecule has 2 rings (SSSR count).